The Morgan fingerprint density at radius 2 is 1.90 bits per heavy atom. The van der Waals surface area contributed by atoms with Crippen LogP contribution in [0.3, 0.4) is 0 Å². The van der Waals surface area contributed by atoms with Crippen LogP contribution in [0.15, 0.2) is 24.3 Å². The lowest BCUT2D eigenvalue weighted by Crippen LogP contribution is -2.36. The fourth-order valence-electron chi connectivity index (χ4n) is 3.85. The van der Waals surface area contributed by atoms with Crippen LogP contribution >= 0.6 is 0 Å². The number of carbonyl (C=O) groups excluding carboxylic acids is 1. The van der Waals surface area contributed by atoms with Gasteiger partial charge in [0.1, 0.15) is 0 Å². The Morgan fingerprint density at radius 1 is 1.20 bits per heavy atom. The van der Waals surface area contributed by atoms with E-state index in [4.69, 9.17) is 0 Å². The fourth-order valence-corrected chi connectivity index (χ4v) is 3.85. The van der Waals surface area contributed by atoms with Crippen LogP contribution in [0.4, 0.5) is 0 Å². The van der Waals surface area contributed by atoms with E-state index in [2.05, 4.69) is 55.4 Å². The smallest absolute Gasteiger partial charge is 0.225 e. The molecule has 1 aliphatic carbocycles. The van der Waals surface area contributed by atoms with E-state index in [0.29, 0.717) is 11.8 Å². The van der Waals surface area contributed by atoms with Gasteiger partial charge >= 0.3 is 0 Å². The van der Waals surface area contributed by atoms with Crippen molar-refractivity contribution in [2.45, 2.75) is 32.2 Å². The van der Waals surface area contributed by atoms with Gasteiger partial charge in [-0.05, 0) is 36.4 Å². The molecule has 0 unspecified atom stereocenters. The summed E-state index contributed by atoms with van der Waals surface area (Å²) in [4.78, 5) is 14.8. The Balaban J connectivity index is 1.72. The molecule has 1 N–H and O–H groups in total. The highest BCUT2D eigenvalue weighted by atomic mass is 16.2. The number of rotatable bonds is 2. The highest BCUT2D eigenvalue weighted by Gasteiger charge is 2.36. The maximum absolute atomic E-state index is 12.5. The van der Waals surface area contributed by atoms with Crippen molar-refractivity contribution in [3.05, 3.63) is 35.4 Å². The van der Waals surface area contributed by atoms with Crippen LogP contribution in [0.2, 0.25) is 0 Å². The number of carbonyl (C=O) groups is 1. The molecule has 108 valence electrons. The molecule has 1 aromatic carbocycles. The van der Waals surface area contributed by atoms with Crippen LogP contribution in [0.1, 0.15) is 43.4 Å². The number of hydrogen-bond donors (Lipinski definition) is 1. The molecule has 4 atom stereocenters. The van der Waals surface area contributed by atoms with Crippen molar-refractivity contribution in [3.63, 3.8) is 0 Å². The average molecular weight is 272 g/mol. The van der Waals surface area contributed by atoms with Crippen LogP contribution in [0.25, 0.3) is 0 Å². The normalized spacial score (nSPS) is 33.1. The summed E-state index contributed by atoms with van der Waals surface area (Å²) in [6.07, 6.45) is 1.03. The molecule has 3 rings (SSSR count). The number of amides is 1. The van der Waals surface area contributed by atoms with Crippen LogP contribution in [-0.2, 0) is 4.79 Å². The summed E-state index contributed by atoms with van der Waals surface area (Å²) < 4.78 is 0. The van der Waals surface area contributed by atoms with Gasteiger partial charge in [-0.2, -0.15) is 0 Å². The minimum atomic E-state index is 0.142. The monoisotopic (exact) mass is 272 g/mol. The molecule has 1 fully saturated rings. The van der Waals surface area contributed by atoms with Gasteiger partial charge in [0.2, 0.25) is 5.91 Å². The van der Waals surface area contributed by atoms with Crippen molar-refractivity contribution in [1.29, 1.82) is 0 Å². The minimum absolute atomic E-state index is 0.142. The van der Waals surface area contributed by atoms with Gasteiger partial charge in [0.15, 0.2) is 0 Å². The van der Waals surface area contributed by atoms with Gasteiger partial charge in [-0.1, -0.05) is 38.1 Å². The topological polar surface area (TPSA) is 32.3 Å². The summed E-state index contributed by atoms with van der Waals surface area (Å²) in [6.45, 7) is 6.34. The summed E-state index contributed by atoms with van der Waals surface area (Å²) in [6, 6.07) is 8.72. The number of fused-ring (bicyclic) bond motifs is 1. The molecule has 0 aromatic heterocycles. The molecule has 2 aliphatic rings. The molecule has 1 heterocycles. The molecule has 0 spiro atoms. The van der Waals surface area contributed by atoms with E-state index < -0.39 is 0 Å². The van der Waals surface area contributed by atoms with E-state index in [1.807, 2.05) is 0 Å². The number of hydrogen-bond acceptors (Lipinski definition) is 2. The number of likely N-dealkylation sites (tertiary alicyclic amines) is 1. The third kappa shape index (κ3) is 2.35. The number of nitrogens with one attached hydrogen (secondary N) is 1. The molecule has 1 saturated heterocycles. The van der Waals surface area contributed by atoms with Crippen molar-refractivity contribution in [1.82, 2.24) is 10.2 Å². The van der Waals surface area contributed by atoms with Gasteiger partial charge in [-0.15, -0.1) is 0 Å². The second-order valence-corrected chi connectivity index (χ2v) is 6.63. The Hall–Kier alpha value is -1.35. The van der Waals surface area contributed by atoms with Crippen molar-refractivity contribution >= 4 is 5.91 Å². The predicted molar refractivity (Wildman–Crippen MR) is 80.5 cm³/mol. The molecular formula is C17H24N2O. The molecule has 1 amide bonds. The SMILES string of the molecule is C[C@@H]1C[C@H](NC(=O)[C@H]2CN(C)C[C@H]2C)c2ccccc21. The van der Waals surface area contributed by atoms with Gasteiger partial charge in [0, 0.05) is 13.1 Å². The van der Waals surface area contributed by atoms with Crippen LogP contribution < -0.4 is 5.32 Å². The molecular weight excluding hydrogens is 248 g/mol. The van der Waals surface area contributed by atoms with Gasteiger partial charge < -0.3 is 10.2 Å². The van der Waals surface area contributed by atoms with Gasteiger partial charge in [0.25, 0.3) is 0 Å². The quantitative estimate of drug-likeness (QED) is 0.897. The maximum Gasteiger partial charge on any atom is 0.225 e. The fraction of sp³-hybridized carbons (Fsp3) is 0.588. The van der Waals surface area contributed by atoms with E-state index in [-0.39, 0.29) is 17.9 Å². The first-order valence-electron chi connectivity index (χ1n) is 7.64. The zero-order chi connectivity index (χ0) is 14.3. The molecule has 3 heteroatoms. The molecule has 0 saturated carbocycles. The largest absolute Gasteiger partial charge is 0.349 e. The van der Waals surface area contributed by atoms with Crippen LogP contribution in [0, 0.1) is 11.8 Å². The third-order valence-corrected chi connectivity index (χ3v) is 4.94. The summed E-state index contributed by atoms with van der Waals surface area (Å²) in [5.74, 6) is 1.37. The zero-order valence-corrected chi connectivity index (χ0v) is 12.6. The summed E-state index contributed by atoms with van der Waals surface area (Å²) in [5, 5.41) is 3.29. The Labute approximate surface area is 121 Å². The maximum atomic E-state index is 12.5. The first-order valence-corrected chi connectivity index (χ1v) is 7.64. The third-order valence-electron chi connectivity index (χ3n) is 4.94. The Kier molecular flexibility index (Phi) is 3.55. The van der Waals surface area contributed by atoms with Crippen LogP contribution in [0.5, 0.6) is 0 Å². The lowest BCUT2D eigenvalue weighted by atomic mass is 9.96. The van der Waals surface area contributed by atoms with E-state index in [9.17, 15) is 4.79 Å². The molecule has 0 bridgehead atoms. The van der Waals surface area contributed by atoms with Crippen molar-refractivity contribution < 1.29 is 4.79 Å². The van der Waals surface area contributed by atoms with Crippen molar-refractivity contribution in [2.24, 2.45) is 11.8 Å². The zero-order valence-electron chi connectivity index (χ0n) is 12.6. The molecule has 0 radical (unpaired) electrons. The second-order valence-electron chi connectivity index (χ2n) is 6.63. The van der Waals surface area contributed by atoms with E-state index in [1.54, 1.807) is 0 Å². The first kappa shape index (κ1) is 13.6. The lowest BCUT2D eigenvalue weighted by molar-refractivity contribution is -0.126. The van der Waals surface area contributed by atoms with Gasteiger partial charge in [-0.25, -0.2) is 0 Å². The van der Waals surface area contributed by atoms with E-state index in [1.165, 1.54) is 11.1 Å². The van der Waals surface area contributed by atoms with Crippen molar-refractivity contribution in [2.75, 3.05) is 20.1 Å². The number of nitrogens with zero attached hydrogens (tertiary/aromatic N) is 1. The first-order chi connectivity index (χ1) is 9.56. The predicted octanol–water partition coefficient (Wildman–Crippen LogP) is 2.55. The molecule has 1 aromatic rings. The minimum Gasteiger partial charge on any atom is -0.349 e. The van der Waals surface area contributed by atoms with Crippen LogP contribution in [-0.4, -0.2) is 30.9 Å². The lowest BCUT2D eigenvalue weighted by Gasteiger charge is -2.19. The van der Waals surface area contributed by atoms with Gasteiger partial charge in [-0.3, -0.25) is 4.79 Å². The summed E-state index contributed by atoms with van der Waals surface area (Å²) in [7, 11) is 2.09. The molecule has 20 heavy (non-hydrogen) atoms. The standard InChI is InChI=1S/C17H24N2O/c1-11-8-16(14-7-5-4-6-13(11)14)18-17(20)15-10-19(3)9-12(15)2/h4-7,11-12,15-16H,8-10H2,1-3H3,(H,18,20)/t11-,12-,15+,16+/m1/s1. The highest BCUT2D eigenvalue weighted by Crippen LogP contribution is 2.40. The molecule has 3 nitrogen and oxygen atoms in total. The van der Waals surface area contributed by atoms with Crippen molar-refractivity contribution in [3.8, 4) is 0 Å². The summed E-state index contributed by atoms with van der Waals surface area (Å²) >= 11 is 0. The summed E-state index contributed by atoms with van der Waals surface area (Å²) in [5.41, 5.74) is 2.71. The average Bonchev–Trinajstić information content (AvgIpc) is 2.91. The van der Waals surface area contributed by atoms with E-state index in [0.717, 1.165) is 19.5 Å². The Bertz CT molecular complexity index is 513. The second kappa shape index (κ2) is 5.21. The van der Waals surface area contributed by atoms with Gasteiger partial charge in [0.05, 0.1) is 12.0 Å². The number of benzene rings is 1. The van der Waals surface area contributed by atoms with E-state index >= 15 is 0 Å². The highest BCUT2D eigenvalue weighted by molar-refractivity contribution is 5.80. The Morgan fingerprint density at radius 3 is 2.55 bits per heavy atom. The molecule has 1 aliphatic heterocycles.